The first-order valence-corrected chi connectivity index (χ1v) is 4.92. The first-order chi connectivity index (χ1) is 6.65. The fourth-order valence-corrected chi connectivity index (χ4v) is 1.32. The van der Waals surface area contributed by atoms with E-state index in [1.54, 1.807) is 24.3 Å². The van der Waals surface area contributed by atoms with Crippen molar-refractivity contribution in [1.82, 2.24) is 0 Å². The van der Waals surface area contributed by atoms with Crippen LogP contribution in [-0.4, -0.2) is 10.7 Å². The lowest BCUT2D eigenvalue weighted by Crippen LogP contribution is -2.10. The molecule has 72 valence electrons. The highest BCUT2D eigenvalue weighted by Gasteiger charge is 2.14. The molecule has 0 aliphatic carbocycles. The van der Waals surface area contributed by atoms with E-state index < -0.39 is 4.95 Å². The molecule has 0 amide bonds. The Morgan fingerprint density at radius 2 is 2.07 bits per heavy atom. The van der Waals surface area contributed by atoms with Gasteiger partial charge in [0.15, 0.2) is 10.7 Å². The third-order valence-electron chi connectivity index (χ3n) is 1.50. The van der Waals surface area contributed by atoms with Crippen LogP contribution >= 0.6 is 27.5 Å². The average Bonchev–Trinajstić information content (AvgIpc) is 2.18. The first-order valence-electron chi connectivity index (χ1n) is 3.63. The van der Waals surface area contributed by atoms with Crippen molar-refractivity contribution in [3.05, 3.63) is 45.3 Å². The normalized spacial score (nSPS) is 11.6. The summed E-state index contributed by atoms with van der Waals surface area (Å²) in [6, 6.07) is 6.35. The Kier molecular flexibility index (Phi) is 3.95. The lowest BCUT2D eigenvalue weighted by atomic mass is 10.1. The molecule has 0 aliphatic heterocycles. The summed E-state index contributed by atoms with van der Waals surface area (Å²) in [4.78, 5) is 13.2. The number of halogens is 2. The van der Waals surface area contributed by atoms with Crippen molar-refractivity contribution < 1.29 is 4.79 Å². The average molecular weight is 275 g/mol. The Bertz CT molecular complexity index is 386. The summed E-state index contributed by atoms with van der Waals surface area (Å²) in [5.41, 5.74) is 8.58. The molecule has 1 atom stereocenters. The van der Waals surface area contributed by atoms with Crippen LogP contribution in [0.1, 0.15) is 10.4 Å². The lowest BCUT2D eigenvalue weighted by Gasteiger charge is -2.01. The number of carbonyl (C=O) groups is 1. The molecule has 0 saturated heterocycles. The smallest absolute Gasteiger partial charge is 0.182 e. The van der Waals surface area contributed by atoms with Gasteiger partial charge in [-0.05, 0) is 29.8 Å². The van der Waals surface area contributed by atoms with Gasteiger partial charge in [-0.15, -0.1) is 0 Å². The van der Waals surface area contributed by atoms with Gasteiger partial charge in [0.25, 0.3) is 0 Å². The summed E-state index contributed by atoms with van der Waals surface area (Å²) in [5, 5.41) is 3.79. The number of carbonyl (C=O) groups excluding carboxylic acids is 1. The maximum atomic E-state index is 11.5. The molecule has 14 heavy (non-hydrogen) atoms. The molecule has 0 aliphatic rings. The van der Waals surface area contributed by atoms with Crippen LogP contribution in [0.3, 0.4) is 0 Å². The zero-order valence-corrected chi connectivity index (χ0v) is 9.23. The molecule has 0 heterocycles. The van der Waals surface area contributed by atoms with Gasteiger partial charge in [0.05, 0.1) is 0 Å². The van der Waals surface area contributed by atoms with E-state index in [9.17, 15) is 4.79 Å². The van der Waals surface area contributed by atoms with Crippen LogP contribution < -0.4 is 0 Å². The highest BCUT2D eigenvalue weighted by atomic mass is 79.9. The third-order valence-corrected chi connectivity index (χ3v) is 2.35. The number of hydrogen-bond acceptors (Lipinski definition) is 2. The molecule has 0 N–H and O–H groups in total. The van der Waals surface area contributed by atoms with Gasteiger partial charge < -0.3 is 0 Å². The number of ketones is 1. The Labute approximate surface area is 93.6 Å². The van der Waals surface area contributed by atoms with Gasteiger partial charge in [-0.3, -0.25) is 4.79 Å². The Hall–Kier alpha value is -1.03. The fourth-order valence-electron chi connectivity index (χ4n) is 0.849. The highest BCUT2D eigenvalue weighted by molar-refractivity contribution is 9.10. The first kappa shape index (κ1) is 11.0. The van der Waals surface area contributed by atoms with E-state index in [-0.39, 0.29) is 5.78 Å². The lowest BCUT2D eigenvalue weighted by molar-refractivity contribution is 0.0993. The zero-order chi connectivity index (χ0) is 10.6. The highest BCUT2D eigenvalue weighted by Crippen LogP contribution is 2.14. The van der Waals surface area contributed by atoms with E-state index in [0.717, 1.165) is 0 Å². The largest absolute Gasteiger partial charge is 0.293 e. The molecular weight excluding hydrogens is 269 g/mol. The van der Waals surface area contributed by atoms with E-state index in [0.29, 0.717) is 10.6 Å². The molecular formula is C8H5BrClN3O. The van der Waals surface area contributed by atoms with E-state index in [1.165, 1.54) is 0 Å². The van der Waals surface area contributed by atoms with Crippen molar-refractivity contribution in [2.45, 2.75) is 4.95 Å². The van der Waals surface area contributed by atoms with Gasteiger partial charge in [-0.1, -0.05) is 32.6 Å². The third kappa shape index (κ3) is 2.73. The quantitative estimate of drug-likeness (QED) is 0.207. The summed E-state index contributed by atoms with van der Waals surface area (Å²) < 4.78 is 0. The van der Waals surface area contributed by atoms with Crippen molar-refractivity contribution in [1.29, 1.82) is 0 Å². The summed E-state index contributed by atoms with van der Waals surface area (Å²) in [7, 11) is 0. The Morgan fingerprint density at radius 3 is 2.57 bits per heavy atom. The van der Waals surface area contributed by atoms with Crippen molar-refractivity contribution in [2.75, 3.05) is 0 Å². The zero-order valence-electron chi connectivity index (χ0n) is 6.89. The number of Topliss-reactive ketones (excluding diaryl/α,β-unsaturated/α-hetero) is 1. The molecule has 6 heteroatoms. The maximum absolute atomic E-state index is 11.5. The van der Waals surface area contributed by atoms with Crippen LogP contribution in [0, 0.1) is 0 Å². The number of azide groups is 1. The SMILES string of the molecule is [N-]=[N+]=NC(Br)C(=O)c1ccc(Cl)cc1. The number of benzene rings is 1. The minimum absolute atomic E-state index is 0.292. The van der Waals surface area contributed by atoms with Gasteiger partial charge in [0.2, 0.25) is 0 Å². The van der Waals surface area contributed by atoms with Crippen molar-refractivity contribution in [2.24, 2.45) is 5.11 Å². The molecule has 0 saturated carbocycles. The number of alkyl halides is 1. The predicted octanol–water partition coefficient (Wildman–Crippen LogP) is 3.55. The van der Waals surface area contributed by atoms with E-state index in [4.69, 9.17) is 17.1 Å². The van der Waals surface area contributed by atoms with Gasteiger partial charge in [-0.25, -0.2) is 0 Å². The molecule has 0 aromatic heterocycles. The Balaban J connectivity index is 2.89. The number of hydrogen-bond donors (Lipinski definition) is 0. The van der Waals surface area contributed by atoms with Gasteiger partial charge in [0, 0.05) is 15.5 Å². The molecule has 0 fully saturated rings. The van der Waals surface area contributed by atoms with Crippen LogP contribution in [0.5, 0.6) is 0 Å². The van der Waals surface area contributed by atoms with Gasteiger partial charge in [-0.2, -0.15) is 0 Å². The summed E-state index contributed by atoms with van der Waals surface area (Å²) in [6.07, 6.45) is 0. The Morgan fingerprint density at radius 1 is 1.50 bits per heavy atom. The fraction of sp³-hybridized carbons (Fsp3) is 0.125. The van der Waals surface area contributed by atoms with Crippen molar-refractivity contribution >= 4 is 33.3 Å². The number of nitrogens with zero attached hydrogens (tertiary/aromatic N) is 3. The minimum atomic E-state index is -0.867. The van der Waals surface area contributed by atoms with E-state index >= 15 is 0 Å². The van der Waals surface area contributed by atoms with Crippen molar-refractivity contribution in [3.8, 4) is 0 Å². The second-order valence-electron chi connectivity index (χ2n) is 2.41. The summed E-state index contributed by atoms with van der Waals surface area (Å²) in [5.74, 6) is -0.292. The second-order valence-corrected chi connectivity index (χ2v) is 3.72. The molecule has 0 bridgehead atoms. The molecule has 1 rings (SSSR count). The predicted molar refractivity (Wildman–Crippen MR) is 57.6 cm³/mol. The summed E-state index contributed by atoms with van der Waals surface area (Å²) >= 11 is 8.61. The molecule has 0 radical (unpaired) electrons. The second kappa shape index (κ2) is 5.00. The van der Waals surface area contributed by atoms with E-state index in [1.807, 2.05) is 0 Å². The van der Waals surface area contributed by atoms with Gasteiger partial charge >= 0.3 is 0 Å². The monoisotopic (exact) mass is 273 g/mol. The maximum Gasteiger partial charge on any atom is 0.182 e. The van der Waals surface area contributed by atoms with Crippen LogP contribution in [-0.2, 0) is 0 Å². The van der Waals surface area contributed by atoms with Gasteiger partial charge in [0.1, 0.15) is 0 Å². The molecule has 4 nitrogen and oxygen atoms in total. The van der Waals surface area contributed by atoms with Crippen LogP contribution in [0.15, 0.2) is 29.4 Å². The summed E-state index contributed by atoms with van der Waals surface area (Å²) in [6.45, 7) is 0. The van der Waals surface area contributed by atoms with Crippen LogP contribution in [0.2, 0.25) is 5.02 Å². The molecule has 1 aromatic rings. The topological polar surface area (TPSA) is 65.8 Å². The molecule has 1 aromatic carbocycles. The van der Waals surface area contributed by atoms with Crippen LogP contribution in [0.4, 0.5) is 0 Å². The van der Waals surface area contributed by atoms with Crippen LogP contribution in [0.25, 0.3) is 10.4 Å². The molecule has 1 unspecified atom stereocenters. The molecule has 0 spiro atoms. The van der Waals surface area contributed by atoms with E-state index in [2.05, 4.69) is 26.0 Å². The van der Waals surface area contributed by atoms with Crippen molar-refractivity contribution in [3.63, 3.8) is 0 Å². The minimum Gasteiger partial charge on any atom is -0.293 e. The standard InChI is InChI=1S/C8H5BrClN3O/c9-8(12-13-11)7(14)5-1-3-6(10)4-2-5/h1-4,8H. The number of rotatable bonds is 3.